The molecule has 0 radical (unpaired) electrons. The number of aryl methyl sites for hydroxylation is 1. The summed E-state index contributed by atoms with van der Waals surface area (Å²) < 4.78 is 18.7. The standard InChI is InChI=1S/C19H18ClFO3/c1-10-7-16(13(4)12(3)11(10)2)18(22)9-24-19(23)15-6-5-14(20)8-17(15)21/h5-8H,9H2,1-4H3. The number of hydrogen-bond donors (Lipinski definition) is 0. The first-order valence-electron chi connectivity index (χ1n) is 7.45. The second kappa shape index (κ2) is 7.14. The van der Waals surface area contributed by atoms with Crippen LogP contribution in [-0.4, -0.2) is 18.4 Å². The highest BCUT2D eigenvalue weighted by Gasteiger charge is 2.18. The van der Waals surface area contributed by atoms with Gasteiger partial charge in [-0.2, -0.15) is 0 Å². The molecule has 126 valence electrons. The van der Waals surface area contributed by atoms with Crippen LogP contribution in [0.15, 0.2) is 24.3 Å². The molecule has 24 heavy (non-hydrogen) atoms. The highest BCUT2D eigenvalue weighted by atomic mass is 35.5. The van der Waals surface area contributed by atoms with Gasteiger partial charge in [-0.3, -0.25) is 4.79 Å². The number of Topliss-reactive ketones (excluding diaryl/α,β-unsaturated/α-hetero) is 1. The molecular weight excluding hydrogens is 331 g/mol. The van der Waals surface area contributed by atoms with Crippen molar-refractivity contribution < 1.29 is 18.7 Å². The monoisotopic (exact) mass is 348 g/mol. The summed E-state index contributed by atoms with van der Waals surface area (Å²) in [4.78, 5) is 24.3. The topological polar surface area (TPSA) is 43.4 Å². The average Bonchev–Trinajstić information content (AvgIpc) is 2.53. The van der Waals surface area contributed by atoms with Crippen molar-refractivity contribution in [2.24, 2.45) is 0 Å². The van der Waals surface area contributed by atoms with Crippen LogP contribution < -0.4 is 0 Å². The van der Waals surface area contributed by atoms with Gasteiger partial charge in [0.15, 0.2) is 6.61 Å². The van der Waals surface area contributed by atoms with E-state index < -0.39 is 18.4 Å². The van der Waals surface area contributed by atoms with Gasteiger partial charge in [-0.25, -0.2) is 9.18 Å². The summed E-state index contributed by atoms with van der Waals surface area (Å²) in [6, 6.07) is 5.43. The predicted molar refractivity (Wildman–Crippen MR) is 91.4 cm³/mol. The summed E-state index contributed by atoms with van der Waals surface area (Å²) in [5.41, 5.74) is 4.28. The Morgan fingerprint density at radius 2 is 1.67 bits per heavy atom. The maximum Gasteiger partial charge on any atom is 0.341 e. The van der Waals surface area contributed by atoms with Crippen LogP contribution in [-0.2, 0) is 4.74 Å². The first-order valence-corrected chi connectivity index (χ1v) is 7.83. The van der Waals surface area contributed by atoms with Gasteiger partial charge in [-0.05, 0) is 74.2 Å². The van der Waals surface area contributed by atoms with Gasteiger partial charge in [-0.1, -0.05) is 11.6 Å². The van der Waals surface area contributed by atoms with E-state index in [-0.39, 0.29) is 16.4 Å². The normalized spacial score (nSPS) is 10.6. The molecule has 0 aromatic heterocycles. The minimum atomic E-state index is -0.893. The summed E-state index contributed by atoms with van der Waals surface area (Å²) >= 11 is 5.64. The lowest BCUT2D eigenvalue weighted by Crippen LogP contribution is -2.17. The Hall–Kier alpha value is -2.20. The summed E-state index contributed by atoms with van der Waals surface area (Å²) in [5, 5.41) is 0.182. The summed E-state index contributed by atoms with van der Waals surface area (Å²) in [6.07, 6.45) is 0. The van der Waals surface area contributed by atoms with E-state index in [4.69, 9.17) is 16.3 Å². The van der Waals surface area contributed by atoms with Crippen molar-refractivity contribution in [1.29, 1.82) is 0 Å². The van der Waals surface area contributed by atoms with Crippen LogP contribution in [0.4, 0.5) is 4.39 Å². The quantitative estimate of drug-likeness (QED) is 0.591. The molecule has 2 aromatic carbocycles. The van der Waals surface area contributed by atoms with E-state index in [2.05, 4.69) is 0 Å². The number of ketones is 1. The Bertz CT molecular complexity index is 828. The molecule has 0 aliphatic rings. The van der Waals surface area contributed by atoms with Gasteiger partial charge in [0.05, 0.1) is 5.56 Å². The summed E-state index contributed by atoms with van der Waals surface area (Å²) in [5.74, 6) is -1.99. The van der Waals surface area contributed by atoms with Gasteiger partial charge >= 0.3 is 5.97 Å². The molecule has 0 spiro atoms. The van der Waals surface area contributed by atoms with Crippen molar-refractivity contribution in [3.63, 3.8) is 0 Å². The van der Waals surface area contributed by atoms with Crippen molar-refractivity contribution in [2.45, 2.75) is 27.7 Å². The highest BCUT2D eigenvalue weighted by Crippen LogP contribution is 2.22. The zero-order chi connectivity index (χ0) is 18.0. The number of rotatable bonds is 4. The first kappa shape index (κ1) is 18.1. The molecule has 0 saturated carbocycles. The molecule has 0 unspecified atom stereocenters. The van der Waals surface area contributed by atoms with Crippen LogP contribution in [0.25, 0.3) is 0 Å². The Morgan fingerprint density at radius 3 is 2.29 bits per heavy atom. The molecule has 5 heteroatoms. The van der Waals surface area contributed by atoms with E-state index in [9.17, 15) is 14.0 Å². The van der Waals surface area contributed by atoms with Crippen LogP contribution >= 0.6 is 11.6 Å². The minimum Gasteiger partial charge on any atom is -0.454 e. The number of carbonyl (C=O) groups is 2. The zero-order valence-electron chi connectivity index (χ0n) is 14.0. The predicted octanol–water partition coefficient (Wildman–Crippen LogP) is 4.75. The SMILES string of the molecule is Cc1cc(C(=O)COC(=O)c2ccc(Cl)cc2F)c(C)c(C)c1C. The van der Waals surface area contributed by atoms with Crippen molar-refractivity contribution in [1.82, 2.24) is 0 Å². The molecule has 0 atom stereocenters. The molecule has 0 fully saturated rings. The van der Waals surface area contributed by atoms with E-state index in [1.807, 2.05) is 27.7 Å². The molecule has 2 rings (SSSR count). The highest BCUT2D eigenvalue weighted by molar-refractivity contribution is 6.30. The zero-order valence-corrected chi connectivity index (χ0v) is 14.8. The summed E-state index contributed by atoms with van der Waals surface area (Å²) in [6.45, 7) is 7.28. The number of halogens is 2. The van der Waals surface area contributed by atoms with Gasteiger partial charge < -0.3 is 4.74 Å². The maximum atomic E-state index is 13.7. The van der Waals surface area contributed by atoms with Gasteiger partial charge in [-0.15, -0.1) is 0 Å². The number of ether oxygens (including phenoxy) is 1. The Balaban J connectivity index is 2.15. The van der Waals surface area contributed by atoms with E-state index in [0.29, 0.717) is 5.56 Å². The Kier molecular flexibility index (Phi) is 5.40. The molecule has 0 aliphatic carbocycles. The number of hydrogen-bond acceptors (Lipinski definition) is 3. The third kappa shape index (κ3) is 3.65. The fourth-order valence-electron chi connectivity index (χ4n) is 2.44. The molecule has 0 amide bonds. The second-order valence-corrected chi connectivity index (χ2v) is 6.18. The second-order valence-electron chi connectivity index (χ2n) is 5.74. The molecule has 0 bridgehead atoms. The minimum absolute atomic E-state index is 0.182. The van der Waals surface area contributed by atoms with Crippen LogP contribution in [0.1, 0.15) is 43.0 Å². The van der Waals surface area contributed by atoms with Gasteiger partial charge in [0, 0.05) is 10.6 Å². The Morgan fingerprint density at radius 1 is 1.00 bits per heavy atom. The van der Waals surface area contributed by atoms with Crippen LogP contribution in [0.5, 0.6) is 0 Å². The first-order chi connectivity index (χ1) is 11.2. The summed E-state index contributed by atoms with van der Waals surface area (Å²) in [7, 11) is 0. The molecule has 0 N–H and O–H groups in total. The van der Waals surface area contributed by atoms with Gasteiger partial charge in [0.2, 0.25) is 5.78 Å². The lowest BCUT2D eigenvalue weighted by molar-refractivity contribution is 0.0470. The third-order valence-electron chi connectivity index (χ3n) is 4.27. The van der Waals surface area contributed by atoms with Crippen molar-refractivity contribution in [2.75, 3.05) is 6.61 Å². The van der Waals surface area contributed by atoms with Crippen molar-refractivity contribution in [3.05, 3.63) is 68.5 Å². The van der Waals surface area contributed by atoms with Crippen LogP contribution in [0.3, 0.4) is 0 Å². The average molecular weight is 349 g/mol. The molecular formula is C19H18ClFO3. The van der Waals surface area contributed by atoms with Crippen molar-refractivity contribution >= 4 is 23.4 Å². The number of esters is 1. The van der Waals surface area contributed by atoms with E-state index >= 15 is 0 Å². The Labute approximate surface area is 145 Å². The number of carbonyl (C=O) groups excluding carboxylic acids is 2. The van der Waals surface area contributed by atoms with Gasteiger partial charge in [0.25, 0.3) is 0 Å². The largest absolute Gasteiger partial charge is 0.454 e. The third-order valence-corrected chi connectivity index (χ3v) is 4.50. The van der Waals surface area contributed by atoms with E-state index in [1.165, 1.54) is 12.1 Å². The fraction of sp³-hybridized carbons (Fsp3) is 0.263. The molecule has 0 aliphatic heterocycles. The molecule has 3 nitrogen and oxygen atoms in total. The van der Waals surface area contributed by atoms with Gasteiger partial charge in [0.1, 0.15) is 5.82 Å². The lowest BCUT2D eigenvalue weighted by Gasteiger charge is -2.13. The molecule has 0 heterocycles. The lowest BCUT2D eigenvalue weighted by atomic mass is 9.93. The maximum absolute atomic E-state index is 13.7. The molecule has 0 saturated heterocycles. The smallest absolute Gasteiger partial charge is 0.341 e. The van der Waals surface area contributed by atoms with Crippen LogP contribution in [0, 0.1) is 33.5 Å². The van der Waals surface area contributed by atoms with E-state index in [0.717, 1.165) is 28.3 Å². The van der Waals surface area contributed by atoms with Crippen molar-refractivity contribution in [3.8, 4) is 0 Å². The fourth-order valence-corrected chi connectivity index (χ4v) is 2.60. The number of benzene rings is 2. The van der Waals surface area contributed by atoms with E-state index in [1.54, 1.807) is 6.07 Å². The molecule has 2 aromatic rings. The van der Waals surface area contributed by atoms with Crippen LogP contribution in [0.2, 0.25) is 5.02 Å².